The SMILES string of the molecule is CC(C)N(C)CCCNCc1ccc(Br)cc1[N+](=O)[O-]. The minimum atomic E-state index is -0.339. The van der Waals surface area contributed by atoms with Crippen molar-refractivity contribution < 1.29 is 4.92 Å². The van der Waals surface area contributed by atoms with Gasteiger partial charge in [0.2, 0.25) is 0 Å². The van der Waals surface area contributed by atoms with Crippen LogP contribution in [0, 0.1) is 10.1 Å². The third-order valence-electron chi connectivity index (χ3n) is 3.31. The van der Waals surface area contributed by atoms with Gasteiger partial charge in [-0.25, -0.2) is 0 Å². The molecule has 6 heteroatoms. The molecule has 0 aliphatic rings. The van der Waals surface area contributed by atoms with Crippen molar-refractivity contribution in [2.75, 3.05) is 20.1 Å². The maximum Gasteiger partial charge on any atom is 0.275 e. The van der Waals surface area contributed by atoms with E-state index >= 15 is 0 Å². The Morgan fingerprint density at radius 3 is 2.75 bits per heavy atom. The zero-order valence-corrected chi connectivity index (χ0v) is 13.8. The van der Waals surface area contributed by atoms with Crippen LogP contribution in [0.3, 0.4) is 0 Å². The van der Waals surface area contributed by atoms with Gasteiger partial charge in [0.05, 0.1) is 4.92 Å². The number of benzene rings is 1. The van der Waals surface area contributed by atoms with Crippen molar-refractivity contribution in [2.45, 2.75) is 32.9 Å². The van der Waals surface area contributed by atoms with Crippen molar-refractivity contribution >= 4 is 21.6 Å². The minimum absolute atomic E-state index is 0.158. The van der Waals surface area contributed by atoms with Gasteiger partial charge in [-0.2, -0.15) is 0 Å². The predicted octanol–water partition coefficient (Wildman–Crippen LogP) is 3.18. The van der Waals surface area contributed by atoms with Crippen LogP contribution < -0.4 is 5.32 Å². The van der Waals surface area contributed by atoms with Gasteiger partial charge in [0, 0.05) is 28.7 Å². The Hall–Kier alpha value is -0.980. The second-order valence-electron chi connectivity index (χ2n) is 5.13. The number of nitrogens with one attached hydrogen (secondary N) is 1. The monoisotopic (exact) mass is 343 g/mol. The molecule has 20 heavy (non-hydrogen) atoms. The summed E-state index contributed by atoms with van der Waals surface area (Å²) in [6.07, 6.45) is 1.03. The largest absolute Gasteiger partial charge is 0.312 e. The second-order valence-corrected chi connectivity index (χ2v) is 6.05. The molecule has 0 spiro atoms. The van der Waals surface area contributed by atoms with Crippen molar-refractivity contribution in [3.05, 3.63) is 38.3 Å². The quantitative estimate of drug-likeness (QED) is 0.447. The summed E-state index contributed by atoms with van der Waals surface area (Å²) in [6, 6.07) is 5.71. The molecule has 0 aliphatic carbocycles. The first-order valence-corrected chi connectivity index (χ1v) is 7.55. The molecule has 0 fully saturated rings. The van der Waals surface area contributed by atoms with Crippen LogP contribution >= 0.6 is 15.9 Å². The lowest BCUT2D eigenvalue weighted by molar-refractivity contribution is -0.385. The van der Waals surface area contributed by atoms with E-state index < -0.39 is 0 Å². The van der Waals surface area contributed by atoms with Gasteiger partial charge >= 0.3 is 0 Å². The molecule has 0 heterocycles. The van der Waals surface area contributed by atoms with Gasteiger partial charge in [-0.05, 0) is 52.5 Å². The first-order chi connectivity index (χ1) is 9.41. The Morgan fingerprint density at radius 2 is 2.15 bits per heavy atom. The summed E-state index contributed by atoms with van der Waals surface area (Å²) < 4.78 is 0.728. The summed E-state index contributed by atoms with van der Waals surface area (Å²) in [6.45, 7) is 6.73. The molecule has 0 saturated heterocycles. The van der Waals surface area contributed by atoms with Crippen molar-refractivity contribution in [1.82, 2.24) is 10.2 Å². The normalized spacial score (nSPS) is 11.3. The highest BCUT2D eigenvalue weighted by atomic mass is 79.9. The first-order valence-electron chi connectivity index (χ1n) is 6.75. The van der Waals surface area contributed by atoms with Crippen LogP contribution in [-0.2, 0) is 6.54 Å². The third kappa shape index (κ3) is 5.56. The molecule has 1 aromatic rings. The van der Waals surface area contributed by atoms with Crippen LogP contribution in [0.4, 0.5) is 5.69 Å². The van der Waals surface area contributed by atoms with Crippen LogP contribution in [0.25, 0.3) is 0 Å². The fraction of sp³-hybridized carbons (Fsp3) is 0.571. The van der Waals surface area contributed by atoms with Crippen molar-refractivity contribution in [3.63, 3.8) is 0 Å². The maximum absolute atomic E-state index is 11.0. The third-order valence-corrected chi connectivity index (χ3v) is 3.80. The van der Waals surface area contributed by atoms with Gasteiger partial charge in [0.25, 0.3) is 5.69 Å². The smallest absolute Gasteiger partial charge is 0.275 e. The van der Waals surface area contributed by atoms with E-state index in [-0.39, 0.29) is 10.6 Å². The van der Waals surface area contributed by atoms with Crippen LogP contribution in [0.2, 0.25) is 0 Å². The zero-order valence-electron chi connectivity index (χ0n) is 12.2. The molecule has 0 unspecified atom stereocenters. The summed E-state index contributed by atoms with van der Waals surface area (Å²) >= 11 is 3.26. The topological polar surface area (TPSA) is 58.4 Å². The summed E-state index contributed by atoms with van der Waals surface area (Å²) in [5, 5.41) is 14.2. The molecule has 5 nitrogen and oxygen atoms in total. The van der Waals surface area contributed by atoms with Crippen LogP contribution in [0.15, 0.2) is 22.7 Å². The lowest BCUT2D eigenvalue weighted by Gasteiger charge is -2.20. The Kier molecular flexibility index (Phi) is 7.12. The molecule has 0 bridgehead atoms. The molecule has 0 radical (unpaired) electrons. The molecule has 1 N–H and O–H groups in total. The van der Waals surface area contributed by atoms with E-state index in [4.69, 9.17) is 0 Å². The summed E-state index contributed by atoms with van der Waals surface area (Å²) in [4.78, 5) is 12.9. The molecular weight excluding hydrogens is 322 g/mol. The highest BCUT2D eigenvalue weighted by Crippen LogP contribution is 2.23. The highest BCUT2D eigenvalue weighted by Gasteiger charge is 2.13. The standard InChI is InChI=1S/C14H22BrN3O2/c1-11(2)17(3)8-4-7-16-10-12-5-6-13(15)9-14(12)18(19)20/h5-6,9,11,16H,4,7-8,10H2,1-3H3. The number of rotatable bonds is 8. The van der Waals surface area contributed by atoms with E-state index in [9.17, 15) is 10.1 Å². The second kappa shape index (κ2) is 8.34. The number of nitro groups is 1. The van der Waals surface area contributed by atoms with E-state index in [0.29, 0.717) is 12.6 Å². The van der Waals surface area contributed by atoms with Gasteiger partial charge in [-0.1, -0.05) is 15.9 Å². The average molecular weight is 344 g/mol. The van der Waals surface area contributed by atoms with E-state index in [2.05, 4.69) is 47.0 Å². The van der Waals surface area contributed by atoms with E-state index in [0.717, 1.165) is 29.5 Å². The summed E-state index contributed by atoms with van der Waals surface area (Å²) in [7, 11) is 2.10. The van der Waals surface area contributed by atoms with Crippen molar-refractivity contribution in [2.24, 2.45) is 0 Å². The lowest BCUT2D eigenvalue weighted by atomic mass is 10.2. The first kappa shape index (κ1) is 17.1. The van der Waals surface area contributed by atoms with Crippen LogP contribution in [0.1, 0.15) is 25.8 Å². The van der Waals surface area contributed by atoms with Gasteiger partial charge in [-0.3, -0.25) is 10.1 Å². The molecule has 112 valence electrons. The van der Waals surface area contributed by atoms with Gasteiger partial charge < -0.3 is 10.2 Å². The fourth-order valence-electron chi connectivity index (χ4n) is 1.79. The highest BCUT2D eigenvalue weighted by molar-refractivity contribution is 9.10. The van der Waals surface area contributed by atoms with Gasteiger partial charge in [-0.15, -0.1) is 0 Å². The van der Waals surface area contributed by atoms with Crippen molar-refractivity contribution in [3.8, 4) is 0 Å². The van der Waals surface area contributed by atoms with Gasteiger partial charge in [0.1, 0.15) is 0 Å². The van der Waals surface area contributed by atoms with E-state index in [1.165, 1.54) is 0 Å². The Balaban J connectivity index is 2.41. The average Bonchev–Trinajstić information content (AvgIpc) is 2.39. The minimum Gasteiger partial charge on any atom is -0.312 e. The maximum atomic E-state index is 11.0. The molecule has 0 atom stereocenters. The molecule has 1 rings (SSSR count). The Bertz CT molecular complexity index is 452. The van der Waals surface area contributed by atoms with E-state index in [1.54, 1.807) is 12.1 Å². The zero-order chi connectivity index (χ0) is 15.1. The number of hydrogen-bond acceptors (Lipinski definition) is 4. The summed E-state index contributed by atoms with van der Waals surface area (Å²) in [5.74, 6) is 0. The number of halogens is 1. The molecule has 1 aromatic carbocycles. The Morgan fingerprint density at radius 1 is 1.45 bits per heavy atom. The summed E-state index contributed by atoms with van der Waals surface area (Å²) in [5.41, 5.74) is 0.876. The number of nitro benzene ring substituents is 1. The molecule has 0 aliphatic heterocycles. The van der Waals surface area contributed by atoms with Crippen molar-refractivity contribution in [1.29, 1.82) is 0 Å². The Labute approximate surface area is 128 Å². The molecule has 0 aromatic heterocycles. The van der Waals surface area contributed by atoms with Gasteiger partial charge in [0.15, 0.2) is 0 Å². The van der Waals surface area contributed by atoms with E-state index in [1.807, 2.05) is 6.07 Å². The van der Waals surface area contributed by atoms with Crippen LogP contribution in [0.5, 0.6) is 0 Å². The van der Waals surface area contributed by atoms with Crippen LogP contribution in [-0.4, -0.2) is 36.0 Å². The predicted molar refractivity (Wildman–Crippen MR) is 84.9 cm³/mol. The molecule has 0 amide bonds. The lowest BCUT2D eigenvalue weighted by Crippen LogP contribution is -2.29. The molecule has 0 saturated carbocycles. The number of hydrogen-bond donors (Lipinski definition) is 1. The fourth-order valence-corrected chi connectivity index (χ4v) is 2.14. The molecular formula is C14H22BrN3O2. The number of nitrogens with zero attached hydrogens (tertiary/aromatic N) is 2.